The number of carboxylic acids is 1. The van der Waals surface area contributed by atoms with Crippen LogP contribution >= 0.6 is 0 Å². The van der Waals surface area contributed by atoms with Crippen LogP contribution in [-0.2, 0) is 14.4 Å². The number of carboxylic acid groups (broad SMARTS) is 1. The number of rotatable bonds is 7. The number of benzene rings is 1. The standard InChI is InChI=1S/C24H33N5O6/c1-17-2-3-19(14-20(17)29-9-6-21(30)25-24(29)34)35-16-22(31)28-12-10-27(11-13-28)18-4-7-26(8-5-18)15-23(32)33/h2-3,14,18H,4-13,15-16H2,1H3,(H,32,33)(H,25,30,34). The highest BCUT2D eigenvalue weighted by atomic mass is 16.5. The largest absolute Gasteiger partial charge is 0.484 e. The van der Waals surface area contributed by atoms with Crippen LogP contribution in [0.5, 0.6) is 5.75 Å². The summed E-state index contributed by atoms with van der Waals surface area (Å²) in [5, 5.41) is 11.3. The first-order valence-electron chi connectivity index (χ1n) is 12.1. The fraction of sp³-hybridized carbons (Fsp3) is 0.583. The van der Waals surface area contributed by atoms with E-state index in [1.165, 1.54) is 4.90 Å². The molecule has 11 nitrogen and oxygen atoms in total. The number of anilines is 1. The molecule has 190 valence electrons. The van der Waals surface area contributed by atoms with Crippen molar-refractivity contribution in [2.45, 2.75) is 32.2 Å². The molecular weight excluding hydrogens is 454 g/mol. The van der Waals surface area contributed by atoms with Crippen molar-refractivity contribution in [2.75, 3.05) is 63.9 Å². The Morgan fingerprint density at radius 1 is 1.06 bits per heavy atom. The van der Waals surface area contributed by atoms with Crippen molar-refractivity contribution in [2.24, 2.45) is 0 Å². The van der Waals surface area contributed by atoms with Crippen LogP contribution in [0.3, 0.4) is 0 Å². The third kappa shape index (κ3) is 6.29. The number of carbonyl (C=O) groups excluding carboxylic acids is 3. The van der Waals surface area contributed by atoms with Crippen LogP contribution in [0.25, 0.3) is 0 Å². The number of amides is 4. The van der Waals surface area contributed by atoms with Gasteiger partial charge in [0, 0.05) is 64.3 Å². The highest BCUT2D eigenvalue weighted by molar-refractivity contribution is 6.06. The molecule has 3 aliphatic rings. The minimum Gasteiger partial charge on any atom is -0.484 e. The Morgan fingerprint density at radius 2 is 1.77 bits per heavy atom. The van der Waals surface area contributed by atoms with E-state index in [-0.39, 0.29) is 31.4 Å². The number of hydrogen-bond acceptors (Lipinski definition) is 7. The summed E-state index contributed by atoms with van der Waals surface area (Å²) in [6.07, 6.45) is 2.13. The van der Waals surface area contributed by atoms with Gasteiger partial charge in [-0.05, 0) is 31.4 Å². The Balaban J connectivity index is 1.24. The van der Waals surface area contributed by atoms with Gasteiger partial charge in [-0.1, -0.05) is 6.07 Å². The van der Waals surface area contributed by atoms with Gasteiger partial charge in [0.1, 0.15) is 5.75 Å². The number of piperazine rings is 1. The van der Waals surface area contributed by atoms with Crippen LogP contribution in [0, 0.1) is 6.92 Å². The maximum Gasteiger partial charge on any atom is 0.328 e. The van der Waals surface area contributed by atoms with Crippen molar-refractivity contribution in [3.05, 3.63) is 23.8 Å². The molecular formula is C24H33N5O6. The number of ether oxygens (including phenoxy) is 1. The predicted molar refractivity (Wildman–Crippen MR) is 127 cm³/mol. The molecule has 0 aromatic heterocycles. The maximum atomic E-state index is 12.7. The van der Waals surface area contributed by atoms with Gasteiger partial charge in [-0.25, -0.2) is 4.79 Å². The second-order valence-corrected chi connectivity index (χ2v) is 9.31. The number of nitrogens with one attached hydrogen (secondary N) is 1. The predicted octanol–water partition coefficient (Wildman–Crippen LogP) is 0.513. The van der Waals surface area contributed by atoms with E-state index in [1.54, 1.807) is 12.1 Å². The number of piperidine rings is 1. The molecule has 4 rings (SSSR count). The Morgan fingerprint density at radius 3 is 2.43 bits per heavy atom. The summed E-state index contributed by atoms with van der Waals surface area (Å²) < 4.78 is 5.77. The molecule has 35 heavy (non-hydrogen) atoms. The van der Waals surface area contributed by atoms with E-state index >= 15 is 0 Å². The second-order valence-electron chi connectivity index (χ2n) is 9.31. The van der Waals surface area contributed by atoms with Gasteiger partial charge >= 0.3 is 12.0 Å². The highest BCUT2D eigenvalue weighted by Crippen LogP contribution is 2.27. The van der Waals surface area contributed by atoms with Gasteiger partial charge in [0.15, 0.2) is 6.61 Å². The zero-order chi connectivity index (χ0) is 24.9. The summed E-state index contributed by atoms with van der Waals surface area (Å²) in [4.78, 5) is 55.0. The van der Waals surface area contributed by atoms with Gasteiger partial charge < -0.3 is 14.7 Å². The number of aryl methyl sites for hydroxylation is 1. The molecule has 3 aliphatic heterocycles. The zero-order valence-corrected chi connectivity index (χ0v) is 20.1. The number of nitrogens with zero attached hydrogens (tertiary/aromatic N) is 4. The first kappa shape index (κ1) is 24.9. The van der Waals surface area contributed by atoms with Gasteiger partial charge in [-0.15, -0.1) is 0 Å². The molecule has 3 saturated heterocycles. The molecule has 0 atom stereocenters. The van der Waals surface area contributed by atoms with Gasteiger partial charge in [0.05, 0.1) is 12.2 Å². The quantitative estimate of drug-likeness (QED) is 0.571. The smallest absolute Gasteiger partial charge is 0.328 e. The van der Waals surface area contributed by atoms with Crippen molar-refractivity contribution >= 4 is 29.5 Å². The molecule has 2 N–H and O–H groups in total. The number of likely N-dealkylation sites (tertiary alicyclic amines) is 1. The molecule has 3 fully saturated rings. The molecule has 0 spiro atoms. The average molecular weight is 488 g/mol. The molecule has 0 radical (unpaired) electrons. The van der Waals surface area contributed by atoms with Crippen LogP contribution in [0.4, 0.5) is 10.5 Å². The fourth-order valence-electron chi connectivity index (χ4n) is 4.97. The fourth-order valence-corrected chi connectivity index (χ4v) is 4.97. The maximum absolute atomic E-state index is 12.7. The first-order chi connectivity index (χ1) is 16.8. The van der Waals surface area contributed by atoms with Crippen molar-refractivity contribution in [3.63, 3.8) is 0 Å². The Kier molecular flexibility index (Phi) is 7.86. The topological polar surface area (TPSA) is 123 Å². The van der Waals surface area contributed by atoms with Gasteiger partial charge in [-0.2, -0.15) is 0 Å². The number of aliphatic carboxylic acids is 1. The van der Waals surface area contributed by atoms with Crippen molar-refractivity contribution in [1.29, 1.82) is 0 Å². The van der Waals surface area contributed by atoms with E-state index < -0.39 is 12.0 Å². The van der Waals surface area contributed by atoms with Crippen LogP contribution < -0.4 is 15.0 Å². The summed E-state index contributed by atoms with van der Waals surface area (Å²) in [5.41, 5.74) is 1.53. The normalized spacial score (nSPS) is 20.6. The Hall–Kier alpha value is -3.18. The highest BCUT2D eigenvalue weighted by Gasteiger charge is 2.30. The van der Waals surface area contributed by atoms with E-state index in [2.05, 4.69) is 10.2 Å². The average Bonchev–Trinajstić information content (AvgIpc) is 2.84. The van der Waals surface area contributed by atoms with E-state index in [0.717, 1.165) is 44.6 Å². The summed E-state index contributed by atoms with van der Waals surface area (Å²) in [6, 6.07) is 5.31. The number of imide groups is 1. The lowest BCUT2D eigenvalue weighted by atomic mass is 10.0. The first-order valence-corrected chi connectivity index (χ1v) is 12.1. The van der Waals surface area contributed by atoms with Gasteiger partial charge in [-0.3, -0.25) is 34.4 Å². The summed E-state index contributed by atoms with van der Waals surface area (Å²) in [7, 11) is 0. The van der Waals surface area contributed by atoms with Gasteiger partial charge in [0.25, 0.3) is 5.91 Å². The Bertz CT molecular complexity index is 969. The lowest BCUT2D eigenvalue weighted by Crippen LogP contribution is -2.55. The number of urea groups is 1. The van der Waals surface area contributed by atoms with Crippen molar-refractivity contribution in [3.8, 4) is 5.75 Å². The van der Waals surface area contributed by atoms with Crippen molar-refractivity contribution in [1.82, 2.24) is 20.0 Å². The molecule has 0 unspecified atom stereocenters. The molecule has 4 amide bonds. The lowest BCUT2D eigenvalue weighted by Gasteiger charge is -2.42. The van der Waals surface area contributed by atoms with Crippen LogP contribution in [-0.4, -0.2) is 109 Å². The van der Waals surface area contributed by atoms with E-state index in [4.69, 9.17) is 9.84 Å². The number of carbonyl (C=O) groups is 4. The summed E-state index contributed by atoms with van der Waals surface area (Å²) in [6.45, 7) is 6.65. The SMILES string of the molecule is Cc1ccc(OCC(=O)N2CCN(C3CCN(CC(=O)O)CC3)CC2)cc1N1CCC(=O)NC1=O. The third-order valence-corrected chi connectivity index (χ3v) is 6.99. The number of hydrogen-bond donors (Lipinski definition) is 2. The third-order valence-electron chi connectivity index (χ3n) is 6.99. The van der Waals surface area contributed by atoms with E-state index in [9.17, 15) is 19.2 Å². The molecule has 0 saturated carbocycles. The second kappa shape index (κ2) is 11.0. The molecule has 1 aromatic rings. The van der Waals surface area contributed by atoms with Crippen LogP contribution in [0.2, 0.25) is 0 Å². The molecule has 11 heteroatoms. The minimum atomic E-state index is -0.784. The molecule has 0 aliphatic carbocycles. The molecule has 1 aromatic carbocycles. The monoisotopic (exact) mass is 487 g/mol. The van der Waals surface area contributed by atoms with Gasteiger partial charge in [0.2, 0.25) is 5.91 Å². The van der Waals surface area contributed by atoms with Crippen LogP contribution in [0.15, 0.2) is 18.2 Å². The van der Waals surface area contributed by atoms with Crippen LogP contribution in [0.1, 0.15) is 24.8 Å². The van der Waals surface area contributed by atoms with Crippen molar-refractivity contribution < 1.29 is 29.0 Å². The molecule has 3 heterocycles. The minimum absolute atomic E-state index is 0.0793. The molecule has 0 bridgehead atoms. The summed E-state index contributed by atoms with van der Waals surface area (Å²) in [5.74, 6) is -0.654. The Labute approximate surface area is 204 Å². The summed E-state index contributed by atoms with van der Waals surface area (Å²) >= 11 is 0. The van der Waals surface area contributed by atoms with E-state index in [1.807, 2.05) is 22.8 Å². The lowest BCUT2D eigenvalue weighted by molar-refractivity contribution is -0.138. The zero-order valence-electron chi connectivity index (χ0n) is 20.1. The van der Waals surface area contributed by atoms with E-state index in [0.29, 0.717) is 37.1 Å².